The lowest BCUT2D eigenvalue weighted by atomic mass is 10.8. The molecule has 0 amide bonds. The molecule has 13 heavy (non-hydrogen) atoms. The van der Waals surface area contributed by atoms with Crippen molar-refractivity contribution in [1.29, 1.82) is 0 Å². The maximum absolute atomic E-state index is 4.81. The van der Waals surface area contributed by atoms with E-state index >= 15 is 0 Å². The molecule has 0 radical (unpaired) electrons. The number of hydrogen-bond donors (Lipinski definition) is 0. The van der Waals surface area contributed by atoms with Crippen LogP contribution in [-0.4, -0.2) is 37.0 Å². The average Bonchev–Trinajstić information content (AvgIpc) is 2.65. The maximum Gasteiger partial charge on any atom is 0.395 e. The highest BCUT2D eigenvalue weighted by Gasteiger charge is 2.08. The first-order chi connectivity index (χ1) is 6.36. The van der Waals surface area contributed by atoms with E-state index in [1.54, 1.807) is 11.8 Å². The van der Waals surface area contributed by atoms with Gasteiger partial charge in [0, 0.05) is 5.75 Å². The second kappa shape index (κ2) is 6.44. The fourth-order valence-corrected chi connectivity index (χ4v) is 3.39. The zero-order chi connectivity index (χ0) is 9.52. The van der Waals surface area contributed by atoms with Crippen molar-refractivity contribution in [2.75, 3.05) is 26.5 Å². The van der Waals surface area contributed by atoms with E-state index in [1.165, 1.54) is 36.0 Å². The molecule has 0 aliphatic carbocycles. The van der Waals surface area contributed by atoms with Crippen LogP contribution in [0.4, 0.5) is 0 Å². The smallest absolute Gasteiger partial charge is 0.395 e. The summed E-state index contributed by atoms with van der Waals surface area (Å²) in [6.07, 6.45) is 0.279. The number of aliphatic imine (C=N–C) groups is 1. The van der Waals surface area contributed by atoms with Crippen LogP contribution in [0.25, 0.3) is 0 Å². The van der Waals surface area contributed by atoms with Crippen LogP contribution in [0.2, 0.25) is 0 Å². The lowest BCUT2D eigenvalue weighted by Gasteiger charge is -1.99. The van der Waals surface area contributed by atoms with Gasteiger partial charge in [0.1, 0.15) is 4.38 Å². The zero-order valence-corrected chi connectivity index (χ0v) is 9.80. The Morgan fingerprint density at radius 1 is 1.54 bits per heavy atom. The Balaban J connectivity index is 2.21. The molecule has 1 aliphatic heterocycles. The molecule has 0 saturated heterocycles. The van der Waals surface area contributed by atoms with E-state index in [4.69, 9.17) is 9.47 Å². The number of thioether (sulfide) groups is 1. The van der Waals surface area contributed by atoms with Gasteiger partial charge in [0.2, 0.25) is 0 Å². The molecule has 1 rings (SSSR count). The van der Waals surface area contributed by atoms with Crippen LogP contribution in [0.5, 0.6) is 0 Å². The minimum absolute atomic E-state index is 0.279. The van der Waals surface area contributed by atoms with Crippen molar-refractivity contribution < 1.29 is 9.47 Å². The van der Waals surface area contributed by atoms with E-state index in [-0.39, 0.29) is 6.08 Å². The maximum atomic E-state index is 4.81. The standard InChI is InChI=1S/C6H10N2O2S3/c1-9-5(10-2)8-13-12-6-7-3-4-11-6/h3-4H2,1-2H3. The predicted octanol–water partition coefficient (Wildman–Crippen LogP) is 2.03. The summed E-state index contributed by atoms with van der Waals surface area (Å²) < 4.78 is 14.7. The molecule has 74 valence electrons. The van der Waals surface area contributed by atoms with Crippen LogP contribution in [0.3, 0.4) is 0 Å². The summed E-state index contributed by atoms with van der Waals surface area (Å²) in [5.74, 6) is 1.08. The molecule has 0 bridgehead atoms. The van der Waals surface area contributed by atoms with Gasteiger partial charge in [-0.3, -0.25) is 4.99 Å². The molecule has 0 unspecified atom stereocenters. The number of nitrogens with zero attached hydrogens (tertiary/aromatic N) is 2. The monoisotopic (exact) mass is 238 g/mol. The molecule has 1 heterocycles. The fraction of sp³-hybridized carbons (Fsp3) is 0.667. The summed E-state index contributed by atoms with van der Waals surface area (Å²) in [7, 11) is 5.88. The Labute approximate surface area is 89.5 Å². The van der Waals surface area contributed by atoms with Crippen LogP contribution in [0.15, 0.2) is 9.39 Å². The molecule has 1 aliphatic rings. The van der Waals surface area contributed by atoms with E-state index in [9.17, 15) is 0 Å². The summed E-state index contributed by atoms with van der Waals surface area (Å²) in [6.45, 7) is 0.915. The van der Waals surface area contributed by atoms with Gasteiger partial charge in [0.05, 0.1) is 31.7 Å². The summed E-state index contributed by atoms with van der Waals surface area (Å²) >= 11 is 1.75. The molecular formula is C6H10N2O2S3. The van der Waals surface area contributed by atoms with Gasteiger partial charge in [0.25, 0.3) is 0 Å². The third kappa shape index (κ3) is 4.15. The van der Waals surface area contributed by atoms with E-state index in [0.29, 0.717) is 0 Å². The van der Waals surface area contributed by atoms with Crippen molar-refractivity contribution >= 4 is 44.0 Å². The second-order valence-electron chi connectivity index (χ2n) is 1.92. The zero-order valence-electron chi connectivity index (χ0n) is 7.35. The summed E-state index contributed by atoms with van der Waals surface area (Å²) in [5, 5.41) is 0. The molecule has 0 aromatic rings. The number of hydrogen-bond acceptors (Lipinski definition) is 7. The van der Waals surface area contributed by atoms with E-state index in [2.05, 4.69) is 9.39 Å². The fourth-order valence-electron chi connectivity index (χ4n) is 0.605. The molecule has 0 aromatic carbocycles. The first-order valence-corrected chi connectivity index (χ1v) is 6.63. The number of rotatable bonds is 2. The van der Waals surface area contributed by atoms with Crippen molar-refractivity contribution in [2.24, 2.45) is 9.39 Å². The van der Waals surface area contributed by atoms with Gasteiger partial charge in [0.15, 0.2) is 0 Å². The predicted molar refractivity (Wildman–Crippen MR) is 61.4 cm³/mol. The van der Waals surface area contributed by atoms with Crippen molar-refractivity contribution in [3.8, 4) is 0 Å². The van der Waals surface area contributed by atoms with Crippen molar-refractivity contribution in [2.45, 2.75) is 0 Å². The van der Waals surface area contributed by atoms with Gasteiger partial charge in [-0.05, 0) is 10.8 Å². The molecule has 0 atom stereocenters. The van der Waals surface area contributed by atoms with Gasteiger partial charge in [-0.1, -0.05) is 11.8 Å². The Bertz CT molecular complexity index is 214. The molecular weight excluding hydrogens is 228 g/mol. The third-order valence-corrected chi connectivity index (χ3v) is 4.30. The van der Waals surface area contributed by atoms with E-state index in [0.717, 1.165) is 16.7 Å². The quantitative estimate of drug-likeness (QED) is 0.319. The topological polar surface area (TPSA) is 43.2 Å². The highest BCUT2D eigenvalue weighted by atomic mass is 33.1. The molecule has 0 fully saturated rings. The Morgan fingerprint density at radius 3 is 2.85 bits per heavy atom. The Morgan fingerprint density at radius 2 is 2.31 bits per heavy atom. The van der Waals surface area contributed by atoms with Crippen molar-refractivity contribution in [3.05, 3.63) is 0 Å². The molecule has 0 spiro atoms. The Hall–Kier alpha value is -0.0100. The Kier molecular flexibility index (Phi) is 5.49. The molecule has 4 nitrogen and oxygen atoms in total. The van der Waals surface area contributed by atoms with E-state index in [1.807, 2.05) is 0 Å². The highest BCUT2D eigenvalue weighted by molar-refractivity contribution is 8.85. The molecule has 0 aromatic heterocycles. The lowest BCUT2D eigenvalue weighted by molar-refractivity contribution is 0.245. The lowest BCUT2D eigenvalue weighted by Crippen LogP contribution is -2.01. The molecule has 0 N–H and O–H groups in total. The minimum atomic E-state index is 0.279. The van der Waals surface area contributed by atoms with Crippen LogP contribution in [0, 0.1) is 0 Å². The third-order valence-electron chi connectivity index (χ3n) is 1.13. The molecule has 7 heteroatoms. The summed E-state index contributed by atoms with van der Waals surface area (Å²) in [4.78, 5) is 4.26. The van der Waals surface area contributed by atoms with Gasteiger partial charge in [-0.2, -0.15) is 0 Å². The number of ether oxygens (including phenoxy) is 2. The average molecular weight is 238 g/mol. The van der Waals surface area contributed by atoms with Gasteiger partial charge >= 0.3 is 6.08 Å². The normalized spacial score (nSPS) is 15.1. The van der Waals surface area contributed by atoms with E-state index < -0.39 is 0 Å². The summed E-state index contributed by atoms with van der Waals surface area (Å²) in [6, 6.07) is 0. The summed E-state index contributed by atoms with van der Waals surface area (Å²) in [5.41, 5.74) is 0. The van der Waals surface area contributed by atoms with Crippen LogP contribution >= 0.6 is 33.5 Å². The van der Waals surface area contributed by atoms with Crippen molar-refractivity contribution in [3.63, 3.8) is 0 Å². The van der Waals surface area contributed by atoms with Gasteiger partial charge in [-0.25, -0.2) is 0 Å². The van der Waals surface area contributed by atoms with Crippen LogP contribution < -0.4 is 0 Å². The second-order valence-corrected chi connectivity index (χ2v) is 5.09. The highest BCUT2D eigenvalue weighted by Crippen LogP contribution is 2.32. The van der Waals surface area contributed by atoms with Gasteiger partial charge < -0.3 is 9.47 Å². The molecule has 0 saturated carbocycles. The number of methoxy groups -OCH3 is 2. The van der Waals surface area contributed by atoms with Crippen LogP contribution in [0.1, 0.15) is 0 Å². The first kappa shape index (κ1) is 11.1. The SMILES string of the molecule is COC(=NSSC1=NCCS1)OC. The van der Waals surface area contributed by atoms with Gasteiger partial charge in [-0.15, -0.1) is 4.40 Å². The van der Waals surface area contributed by atoms with Crippen LogP contribution in [-0.2, 0) is 9.47 Å². The minimum Gasteiger partial charge on any atom is -0.453 e. The largest absolute Gasteiger partial charge is 0.453 e. The van der Waals surface area contributed by atoms with Crippen molar-refractivity contribution in [1.82, 2.24) is 0 Å². The first-order valence-electron chi connectivity index (χ1n) is 3.53.